The second-order valence-electron chi connectivity index (χ2n) is 6.21. The number of amides is 1. The normalized spacial score (nSPS) is 13.8. The Labute approximate surface area is 149 Å². The van der Waals surface area contributed by atoms with E-state index in [0.717, 1.165) is 12.8 Å². The van der Waals surface area contributed by atoms with E-state index in [2.05, 4.69) is 10.3 Å². The highest BCUT2D eigenvalue weighted by atomic mass is 35.5. The van der Waals surface area contributed by atoms with Crippen LogP contribution in [0.15, 0.2) is 53.3 Å². The standard InChI is InChI=1S/C19H16ClN3O2/c20-13-7-9-14(10-8-13)21-17(24)11-23-18(12-5-6-12)22-16-4-2-1-3-15(16)19(23)25/h1-4,7-10,12H,5-6,11H2,(H,21,24). The summed E-state index contributed by atoms with van der Waals surface area (Å²) in [6.45, 7) is -0.0505. The van der Waals surface area contributed by atoms with Gasteiger partial charge in [-0.2, -0.15) is 0 Å². The molecule has 6 heteroatoms. The van der Waals surface area contributed by atoms with Crippen LogP contribution in [0.3, 0.4) is 0 Å². The maximum absolute atomic E-state index is 12.8. The van der Waals surface area contributed by atoms with Crippen molar-refractivity contribution in [3.63, 3.8) is 0 Å². The first-order valence-electron chi connectivity index (χ1n) is 8.17. The van der Waals surface area contributed by atoms with Crippen molar-refractivity contribution in [3.8, 4) is 0 Å². The molecule has 1 saturated carbocycles. The van der Waals surface area contributed by atoms with E-state index in [1.807, 2.05) is 12.1 Å². The maximum atomic E-state index is 12.8. The number of hydrogen-bond acceptors (Lipinski definition) is 3. The quantitative estimate of drug-likeness (QED) is 0.780. The molecule has 1 fully saturated rings. The highest BCUT2D eigenvalue weighted by molar-refractivity contribution is 6.30. The zero-order chi connectivity index (χ0) is 17.4. The third-order valence-electron chi connectivity index (χ3n) is 4.26. The number of nitrogens with zero attached hydrogens (tertiary/aromatic N) is 2. The molecule has 4 rings (SSSR count). The van der Waals surface area contributed by atoms with Crippen LogP contribution in [0.25, 0.3) is 10.9 Å². The number of nitrogens with one attached hydrogen (secondary N) is 1. The Morgan fingerprint density at radius 1 is 1.16 bits per heavy atom. The molecule has 1 N–H and O–H groups in total. The maximum Gasteiger partial charge on any atom is 0.261 e. The van der Waals surface area contributed by atoms with Gasteiger partial charge < -0.3 is 5.32 Å². The first-order chi connectivity index (χ1) is 12.1. The Hall–Kier alpha value is -2.66. The van der Waals surface area contributed by atoms with E-state index >= 15 is 0 Å². The van der Waals surface area contributed by atoms with Crippen LogP contribution < -0.4 is 10.9 Å². The molecular weight excluding hydrogens is 338 g/mol. The van der Waals surface area contributed by atoms with E-state index in [1.165, 1.54) is 4.57 Å². The number of rotatable bonds is 4. The fourth-order valence-electron chi connectivity index (χ4n) is 2.87. The summed E-state index contributed by atoms with van der Waals surface area (Å²) in [5.74, 6) is 0.707. The summed E-state index contributed by atoms with van der Waals surface area (Å²) < 4.78 is 1.51. The molecule has 0 bridgehead atoms. The molecule has 1 aromatic heterocycles. The smallest absolute Gasteiger partial charge is 0.261 e. The molecule has 1 aliphatic rings. The second-order valence-corrected chi connectivity index (χ2v) is 6.64. The van der Waals surface area contributed by atoms with Gasteiger partial charge in [0.05, 0.1) is 10.9 Å². The summed E-state index contributed by atoms with van der Waals surface area (Å²) in [4.78, 5) is 29.9. The van der Waals surface area contributed by atoms with Crippen molar-refractivity contribution in [1.82, 2.24) is 9.55 Å². The van der Waals surface area contributed by atoms with Crippen LogP contribution in [0.1, 0.15) is 24.6 Å². The number of carbonyl (C=O) groups is 1. The molecule has 1 amide bonds. The molecule has 3 aromatic rings. The molecule has 0 radical (unpaired) electrons. The predicted octanol–water partition coefficient (Wildman–Crippen LogP) is 3.57. The van der Waals surface area contributed by atoms with Gasteiger partial charge in [-0.05, 0) is 49.2 Å². The van der Waals surface area contributed by atoms with Crippen LogP contribution in [-0.4, -0.2) is 15.5 Å². The van der Waals surface area contributed by atoms with Gasteiger partial charge >= 0.3 is 0 Å². The molecule has 25 heavy (non-hydrogen) atoms. The molecule has 1 aliphatic carbocycles. The van der Waals surface area contributed by atoms with Gasteiger partial charge in [-0.3, -0.25) is 14.2 Å². The van der Waals surface area contributed by atoms with Crippen LogP contribution >= 0.6 is 11.6 Å². The van der Waals surface area contributed by atoms with Crippen LogP contribution in [0.4, 0.5) is 5.69 Å². The van der Waals surface area contributed by atoms with Crippen LogP contribution in [0.5, 0.6) is 0 Å². The van der Waals surface area contributed by atoms with Crippen molar-refractivity contribution < 1.29 is 4.79 Å². The molecule has 0 saturated heterocycles. The Bertz CT molecular complexity index is 1010. The SMILES string of the molecule is O=C(Cn1c(C2CC2)nc2ccccc2c1=O)Nc1ccc(Cl)cc1. The zero-order valence-electron chi connectivity index (χ0n) is 13.4. The summed E-state index contributed by atoms with van der Waals surface area (Å²) in [7, 11) is 0. The average molecular weight is 354 g/mol. The lowest BCUT2D eigenvalue weighted by atomic mass is 10.2. The van der Waals surface area contributed by atoms with Gasteiger partial charge in [0.15, 0.2) is 0 Å². The number of anilines is 1. The van der Waals surface area contributed by atoms with Crippen molar-refractivity contribution in [2.24, 2.45) is 0 Å². The lowest BCUT2D eigenvalue weighted by Gasteiger charge is -2.13. The highest BCUT2D eigenvalue weighted by Gasteiger charge is 2.29. The lowest BCUT2D eigenvalue weighted by Crippen LogP contribution is -2.31. The molecule has 0 spiro atoms. The average Bonchev–Trinajstić information content (AvgIpc) is 3.44. The number of halogens is 1. The fraction of sp³-hybridized carbons (Fsp3) is 0.211. The van der Waals surface area contributed by atoms with Crippen LogP contribution in [0, 0.1) is 0 Å². The summed E-state index contributed by atoms with van der Waals surface area (Å²) >= 11 is 5.85. The van der Waals surface area contributed by atoms with E-state index in [-0.39, 0.29) is 23.9 Å². The largest absolute Gasteiger partial charge is 0.325 e. The summed E-state index contributed by atoms with van der Waals surface area (Å²) in [6, 6.07) is 14.1. The van der Waals surface area contributed by atoms with Crippen LogP contribution in [0.2, 0.25) is 5.02 Å². The van der Waals surface area contributed by atoms with E-state index in [4.69, 9.17) is 11.6 Å². The topological polar surface area (TPSA) is 64.0 Å². The van der Waals surface area contributed by atoms with Gasteiger partial charge in [0, 0.05) is 16.6 Å². The number of para-hydroxylation sites is 1. The zero-order valence-corrected chi connectivity index (χ0v) is 14.2. The number of benzene rings is 2. The molecule has 0 unspecified atom stereocenters. The van der Waals surface area contributed by atoms with Gasteiger partial charge in [0.1, 0.15) is 12.4 Å². The molecule has 2 aromatic carbocycles. The molecule has 126 valence electrons. The highest BCUT2D eigenvalue weighted by Crippen LogP contribution is 2.38. The van der Waals surface area contributed by atoms with Crippen molar-refractivity contribution in [1.29, 1.82) is 0 Å². The van der Waals surface area contributed by atoms with Gasteiger partial charge in [-0.25, -0.2) is 4.98 Å². The predicted molar refractivity (Wildman–Crippen MR) is 98.1 cm³/mol. The van der Waals surface area contributed by atoms with Gasteiger partial charge in [-0.1, -0.05) is 23.7 Å². The van der Waals surface area contributed by atoms with Gasteiger partial charge in [0.2, 0.25) is 5.91 Å². The van der Waals surface area contributed by atoms with E-state index in [9.17, 15) is 9.59 Å². The van der Waals surface area contributed by atoms with Crippen molar-refractivity contribution in [2.75, 3.05) is 5.32 Å². The molecule has 0 aliphatic heterocycles. The number of hydrogen-bond donors (Lipinski definition) is 1. The summed E-state index contributed by atoms with van der Waals surface area (Å²) in [6.07, 6.45) is 2.01. The first kappa shape index (κ1) is 15.8. The van der Waals surface area contributed by atoms with Gasteiger partial charge in [0.25, 0.3) is 5.56 Å². The van der Waals surface area contributed by atoms with Crippen LogP contribution in [-0.2, 0) is 11.3 Å². The molecule has 0 atom stereocenters. The third kappa shape index (κ3) is 3.28. The number of fused-ring (bicyclic) bond motifs is 1. The Morgan fingerprint density at radius 2 is 1.88 bits per heavy atom. The monoisotopic (exact) mass is 353 g/mol. The minimum atomic E-state index is -0.261. The van der Waals surface area contributed by atoms with E-state index < -0.39 is 0 Å². The minimum Gasteiger partial charge on any atom is -0.325 e. The molecule has 1 heterocycles. The van der Waals surface area contributed by atoms with Crippen molar-refractivity contribution in [3.05, 3.63) is 69.7 Å². The van der Waals surface area contributed by atoms with Crippen molar-refractivity contribution in [2.45, 2.75) is 25.3 Å². The molecular formula is C19H16ClN3O2. The first-order valence-corrected chi connectivity index (χ1v) is 8.54. The Balaban J connectivity index is 1.67. The Kier molecular flexibility index (Phi) is 4.01. The second kappa shape index (κ2) is 6.33. The fourth-order valence-corrected chi connectivity index (χ4v) is 2.99. The van der Waals surface area contributed by atoms with E-state index in [1.54, 1.807) is 36.4 Å². The lowest BCUT2D eigenvalue weighted by molar-refractivity contribution is -0.116. The number of aromatic nitrogens is 2. The third-order valence-corrected chi connectivity index (χ3v) is 4.52. The summed E-state index contributed by atoms with van der Waals surface area (Å²) in [5, 5.41) is 3.93. The summed E-state index contributed by atoms with van der Waals surface area (Å²) in [5.41, 5.74) is 1.16. The number of carbonyl (C=O) groups excluding carboxylic acids is 1. The van der Waals surface area contributed by atoms with Gasteiger partial charge in [-0.15, -0.1) is 0 Å². The molecule has 5 nitrogen and oxygen atoms in total. The van der Waals surface area contributed by atoms with Crippen molar-refractivity contribution >= 4 is 34.1 Å². The Morgan fingerprint density at radius 3 is 2.60 bits per heavy atom. The minimum absolute atomic E-state index is 0.0505. The van der Waals surface area contributed by atoms with E-state index in [0.29, 0.717) is 27.4 Å².